The van der Waals surface area contributed by atoms with Gasteiger partial charge in [0.15, 0.2) is 5.82 Å². The molecule has 0 radical (unpaired) electrons. The number of furan rings is 1. The molecule has 0 bridgehead atoms. The van der Waals surface area contributed by atoms with Gasteiger partial charge < -0.3 is 18.6 Å². The third-order valence-electron chi connectivity index (χ3n) is 5.45. The lowest BCUT2D eigenvalue weighted by atomic mass is 9.96. The summed E-state index contributed by atoms with van der Waals surface area (Å²) in [6, 6.07) is 13.0. The predicted octanol–water partition coefficient (Wildman–Crippen LogP) is 3.65. The Hall–Kier alpha value is -3.42. The molecular formula is C23H25N3O5. The zero-order valence-corrected chi connectivity index (χ0v) is 17.4. The van der Waals surface area contributed by atoms with E-state index < -0.39 is 12.1 Å². The van der Waals surface area contributed by atoms with Crippen molar-refractivity contribution in [3.8, 4) is 0 Å². The average Bonchev–Trinajstić information content (AvgIpc) is 3.49. The van der Waals surface area contributed by atoms with Gasteiger partial charge in [-0.15, -0.1) is 0 Å². The monoisotopic (exact) mass is 423 g/mol. The van der Waals surface area contributed by atoms with E-state index in [1.54, 1.807) is 6.26 Å². The van der Waals surface area contributed by atoms with Gasteiger partial charge in [-0.25, -0.2) is 0 Å². The first-order chi connectivity index (χ1) is 15.1. The Kier molecular flexibility index (Phi) is 6.45. The fraction of sp³-hybridized carbons (Fsp3) is 0.391. The molecule has 1 atom stereocenters. The molecule has 31 heavy (non-hydrogen) atoms. The molecule has 3 heterocycles. The second-order valence-electron chi connectivity index (χ2n) is 7.63. The van der Waals surface area contributed by atoms with Gasteiger partial charge in [0.25, 0.3) is 5.89 Å². The van der Waals surface area contributed by atoms with Gasteiger partial charge in [-0.1, -0.05) is 35.5 Å². The first-order valence-corrected chi connectivity index (χ1v) is 10.5. The molecule has 4 rings (SSSR count). The SMILES string of the molecule is CC(=O)O[C@@H](c1ccccc1)c1nc(C2CCN(C(=O)CCc3ccco3)CC2)no1. The van der Waals surface area contributed by atoms with E-state index in [1.807, 2.05) is 47.4 Å². The maximum absolute atomic E-state index is 12.5. The standard InChI is InChI=1S/C23H25N3O5/c1-16(27)30-21(17-6-3-2-4-7-17)23-24-22(25-31-23)18-11-13-26(14-12-18)20(28)10-9-19-8-5-15-29-19/h2-8,15,18,21H,9-14H2,1H3/t21-/m0/s1. The lowest BCUT2D eigenvalue weighted by molar-refractivity contribution is -0.145. The molecule has 1 saturated heterocycles. The number of aryl methyl sites for hydroxylation is 1. The molecule has 1 aliphatic rings. The first kappa shape index (κ1) is 20.8. The summed E-state index contributed by atoms with van der Waals surface area (Å²) in [5, 5.41) is 4.14. The Labute approximate surface area is 180 Å². The summed E-state index contributed by atoms with van der Waals surface area (Å²) < 4.78 is 16.2. The molecule has 0 aliphatic carbocycles. The molecule has 8 nitrogen and oxygen atoms in total. The van der Waals surface area contributed by atoms with Crippen molar-refractivity contribution in [2.45, 2.75) is 44.6 Å². The highest BCUT2D eigenvalue weighted by molar-refractivity contribution is 5.76. The number of aromatic nitrogens is 2. The van der Waals surface area contributed by atoms with Crippen molar-refractivity contribution in [1.29, 1.82) is 0 Å². The van der Waals surface area contributed by atoms with Crippen LogP contribution in [0.3, 0.4) is 0 Å². The maximum Gasteiger partial charge on any atom is 0.303 e. The van der Waals surface area contributed by atoms with E-state index >= 15 is 0 Å². The highest BCUT2D eigenvalue weighted by Gasteiger charge is 2.30. The van der Waals surface area contributed by atoms with E-state index in [9.17, 15) is 9.59 Å². The van der Waals surface area contributed by atoms with Crippen molar-refractivity contribution in [3.05, 3.63) is 71.8 Å². The molecule has 1 amide bonds. The average molecular weight is 423 g/mol. The van der Waals surface area contributed by atoms with Gasteiger partial charge in [0.05, 0.1) is 6.26 Å². The predicted molar refractivity (Wildman–Crippen MR) is 110 cm³/mol. The van der Waals surface area contributed by atoms with E-state index in [0.29, 0.717) is 31.8 Å². The lowest BCUT2D eigenvalue weighted by Gasteiger charge is -2.30. The lowest BCUT2D eigenvalue weighted by Crippen LogP contribution is -2.38. The van der Waals surface area contributed by atoms with Crippen molar-refractivity contribution in [1.82, 2.24) is 15.0 Å². The van der Waals surface area contributed by atoms with Crippen molar-refractivity contribution in [2.24, 2.45) is 0 Å². The second kappa shape index (κ2) is 9.59. The van der Waals surface area contributed by atoms with E-state index in [0.717, 1.165) is 24.2 Å². The third-order valence-corrected chi connectivity index (χ3v) is 5.45. The highest BCUT2D eigenvalue weighted by atomic mass is 16.6. The molecule has 8 heteroatoms. The Balaban J connectivity index is 1.36. The number of ether oxygens (including phenoxy) is 1. The Bertz CT molecular complexity index is 991. The number of hydrogen-bond donors (Lipinski definition) is 0. The van der Waals surface area contributed by atoms with Crippen LogP contribution >= 0.6 is 0 Å². The highest BCUT2D eigenvalue weighted by Crippen LogP contribution is 2.30. The van der Waals surface area contributed by atoms with Gasteiger partial charge in [-0.3, -0.25) is 9.59 Å². The fourth-order valence-electron chi connectivity index (χ4n) is 3.80. The quantitative estimate of drug-likeness (QED) is 0.535. The maximum atomic E-state index is 12.5. The van der Waals surface area contributed by atoms with Crippen LogP contribution in [0.4, 0.5) is 0 Å². The van der Waals surface area contributed by atoms with Crippen molar-refractivity contribution < 1.29 is 23.3 Å². The summed E-state index contributed by atoms with van der Waals surface area (Å²) in [5.74, 6) is 1.47. The smallest absolute Gasteiger partial charge is 0.303 e. The number of likely N-dealkylation sites (tertiary alicyclic amines) is 1. The number of carbonyl (C=O) groups is 2. The minimum atomic E-state index is -0.733. The first-order valence-electron chi connectivity index (χ1n) is 10.5. The summed E-state index contributed by atoms with van der Waals surface area (Å²) in [6.07, 6.45) is 3.45. The van der Waals surface area contributed by atoms with Gasteiger partial charge in [0.1, 0.15) is 5.76 Å². The van der Waals surface area contributed by atoms with Crippen molar-refractivity contribution in [2.75, 3.05) is 13.1 Å². The van der Waals surface area contributed by atoms with E-state index in [4.69, 9.17) is 13.7 Å². The number of rotatable bonds is 7. The van der Waals surface area contributed by atoms with E-state index in [-0.39, 0.29) is 17.7 Å². The molecule has 1 fully saturated rings. The van der Waals surface area contributed by atoms with E-state index in [2.05, 4.69) is 10.1 Å². The number of amides is 1. The van der Waals surface area contributed by atoms with E-state index in [1.165, 1.54) is 6.92 Å². The number of esters is 1. The van der Waals surface area contributed by atoms with Crippen LogP contribution in [0.1, 0.15) is 61.2 Å². The Morgan fingerprint density at radius 2 is 1.94 bits per heavy atom. The van der Waals surface area contributed by atoms with Crippen molar-refractivity contribution in [3.63, 3.8) is 0 Å². The summed E-state index contributed by atoms with van der Waals surface area (Å²) in [6.45, 7) is 2.65. The Morgan fingerprint density at radius 3 is 2.61 bits per heavy atom. The zero-order valence-electron chi connectivity index (χ0n) is 17.4. The van der Waals surface area contributed by atoms with Crippen molar-refractivity contribution >= 4 is 11.9 Å². The number of carbonyl (C=O) groups excluding carboxylic acids is 2. The van der Waals surface area contributed by atoms with Crippen LogP contribution in [0.5, 0.6) is 0 Å². The molecule has 162 valence electrons. The normalized spacial score (nSPS) is 15.6. The van der Waals surface area contributed by atoms with Gasteiger partial charge in [0, 0.05) is 44.3 Å². The third kappa shape index (κ3) is 5.20. The molecule has 0 spiro atoms. The Morgan fingerprint density at radius 1 is 1.16 bits per heavy atom. The van der Waals surface area contributed by atoms with Crippen LogP contribution in [-0.2, 0) is 20.7 Å². The molecule has 3 aromatic rings. The molecule has 2 aromatic heterocycles. The van der Waals surface area contributed by atoms with Crippen LogP contribution in [-0.4, -0.2) is 40.0 Å². The minimum Gasteiger partial charge on any atom is -0.469 e. The largest absolute Gasteiger partial charge is 0.469 e. The van der Waals surface area contributed by atoms with Crippen LogP contribution in [0.25, 0.3) is 0 Å². The summed E-state index contributed by atoms with van der Waals surface area (Å²) in [4.78, 5) is 30.5. The number of nitrogens with zero attached hydrogens (tertiary/aromatic N) is 3. The number of hydrogen-bond acceptors (Lipinski definition) is 7. The molecule has 1 aromatic carbocycles. The van der Waals surface area contributed by atoms with Crippen LogP contribution in [0, 0.1) is 0 Å². The molecule has 0 N–H and O–H groups in total. The molecule has 1 aliphatic heterocycles. The van der Waals surface area contributed by atoms with Crippen LogP contribution < -0.4 is 0 Å². The summed E-state index contributed by atoms with van der Waals surface area (Å²) >= 11 is 0. The zero-order chi connectivity index (χ0) is 21.6. The van der Waals surface area contributed by atoms with Gasteiger partial charge >= 0.3 is 5.97 Å². The second-order valence-corrected chi connectivity index (χ2v) is 7.63. The number of benzene rings is 1. The van der Waals surface area contributed by atoms with Gasteiger partial charge in [0.2, 0.25) is 12.0 Å². The minimum absolute atomic E-state index is 0.0976. The van der Waals surface area contributed by atoms with Crippen LogP contribution in [0.15, 0.2) is 57.7 Å². The van der Waals surface area contributed by atoms with Crippen LogP contribution in [0.2, 0.25) is 0 Å². The topological polar surface area (TPSA) is 98.7 Å². The summed E-state index contributed by atoms with van der Waals surface area (Å²) in [5.41, 5.74) is 0.768. The van der Waals surface area contributed by atoms with Gasteiger partial charge in [-0.2, -0.15) is 4.98 Å². The summed E-state index contributed by atoms with van der Waals surface area (Å²) in [7, 11) is 0. The van der Waals surface area contributed by atoms with Gasteiger partial charge in [-0.05, 0) is 25.0 Å². The molecule has 0 saturated carbocycles. The molecular weight excluding hydrogens is 398 g/mol. The molecule has 0 unspecified atom stereocenters. The number of piperidine rings is 1. The fourth-order valence-corrected chi connectivity index (χ4v) is 3.80.